The predicted octanol–water partition coefficient (Wildman–Crippen LogP) is 3.03. The van der Waals surface area contributed by atoms with Crippen LogP contribution in [0.3, 0.4) is 0 Å². The zero-order valence-electron chi connectivity index (χ0n) is 15.7. The lowest BCUT2D eigenvalue weighted by atomic mass is 10.2. The Labute approximate surface area is 159 Å². The second-order valence-corrected chi connectivity index (χ2v) is 8.40. The first-order chi connectivity index (χ1) is 12.8. The molecule has 1 N–H and O–H groups in total. The van der Waals surface area contributed by atoms with E-state index in [9.17, 15) is 17.6 Å². The van der Waals surface area contributed by atoms with Gasteiger partial charge in [-0.2, -0.15) is 5.10 Å². The number of carbonyl (C=O) groups is 1. The third-order valence-corrected chi connectivity index (χ3v) is 6.22. The van der Waals surface area contributed by atoms with E-state index in [2.05, 4.69) is 10.4 Å². The SMILES string of the molecule is CCC(C)n1nccc1NC(=O)CCCN(C)S(=O)(=O)c1ccc(F)cc1. The summed E-state index contributed by atoms with van der Waals surface area (Å²) in [5.41, 5.74) is 0. The van der Waals surface area contributed by atoms with Crippen molar-refractivity contribution in [2.24, 2.45) is 0 Å². The van der Waals surface area contributed by atoms with Crippen molar-refractivity contribution in [2.45, 2.75) is 44.0 Å². The molecular weight excluding hydrogens is 371 g/mol. The minimum Gasteiger partial charge on any atom is -0.311 e. The van der Waals surface area contributed by atoms with Gasteiger partial charge < -0.3 is 5.32 Å². The van der Waals surface area contributed by atoms with E-state index in [-0.39, 0.29) is 29.8 Å². The highest BCUT2D eigenvalue weighted by Gasteiger charge is 2.20. The first-order valence-corrected chi connectivity index (χ1v) is 10.2. The van der Waals surface area contributed by atoms with Gasteiger partial charge in [0.05, 0.1) is 17.1 Å². The molecule has 0 aliphatic heterocycles. The van der Waals surface area contributed by atoms with E-state index in [1.54, 1.807) is 16.9 Å². The number of benzene rings is 1. The van der Waals surface area contributed by atoms with Gasteiger partial charge >= 0.3 is 0 Å². The number of nitrogens with zero attached hydrogens (tertiary/aromatic N) is 3. The Morgan fingerprint density at radius 2 is 1.96 bits per heavy atom. The molecule has 2 aromatic rings. The van der Waals surface area contributed by atoms with Crippen LogP contribution in [0.1, 0.15) is 39.2 Å². The Morgan fingerprint density at radius 3 is 2.59 bits per heavy atom. The summed E-state index contributed by atoms with van der Waals surface area (Å²) < 4.78 is 40.7. The maximum absolute atomic E-state index is 13.0. The average Bonchev–Trinajstić information content (AvgIpc) is 3.09. The maximum atomic E-state index is 13.0. The highest BCUT2D eigenvalue weighted by atomic mass is 32.2. The average molecular weight is 396 g/mol. The third-order valence-electron chi connectivity index (χ3n) is 4.34. The lowest BCUT2D eigenvalue weighted by Gasteiger charge is -2.17. The summed E-state index contributed by atoms with van der Waals surface area (Å²) in [7, 11) is -2.27. The van der Waals surface area contributed by atoms with Crippen LogP contribution in [0.25, 0.3) is 0 Å². The summed E-state index contributed by atoms with van der Waals surface area (Å²) in [6.45, 7) is 4.23. The van der Waals surface area contributed by atoms with Gasteiger partial charge in [0.25, 0.3) is 0 Å². The monoisotopic (exact) mass is 396 g/mol. The summed E-state index contributed by atoms with van der Waals surface area (Å²) >= 11 is 0. The van der Waals surface area contributed by atoms with E-state index in [0.29, 0.717) is 12.2 Å². The minimum absolute atomic E-state index is 0.0216. The van der Waals surface area contributed by atoms with Gasteiger partial charge in [0.15, 0.2) is 0 Å². The van der Waals surface area contributed by atoms with Crippen molar-refractivity contribution in [1.29, 1.82) is 0 Å². The van der Waals surface area contributed by atoms with Crippen LogP contribution in [0.4, 0.5) is 10.2 Å². The molecule has 2 rings (SSSR count). The summed E-state index contributed by atoms with van der Waals surface area (Å²) in [4.78, 5) is 12.2. The predicted molar refractivity (Wildman–Crippen MR) is 101 cm³/mol. The molecule has 1 amide bonds. The first kappa shape index (κ1) is 21.0. The van der Waals surface area contributed by atoms with Crippen molar-refractivity contribution in [3.8, 4) is 0 Å². The van der Waals surface area contributed by atoms with Crippen LogP contribution in [0.5, 0.6) is 0 Å². The zero-order valence-corrected chi connectivity index (χ0v) is 16.5. The van der Waals surface area contributed by atoms with E-state index in [1.807, 2.05) is 13.8 Å². The first-order valence-electron chi connectivity index (χ1n) is 8.81. The molecule has 1 unspecified atom stereocenters. The van der Waals surface area contributed by atoms with Crippen LogP contribution >= 0.6 is 0 Å². The Morgan fingerprint density at radius 1 is 1.30 bits per heavy atom. The number of carbonyl (C=O) groups excluding carboxylic acids is 1. The molecule has 0 spiro atoms. The molecule has 7 nitrogen and oxygen atoms in total. The molecule has 1 aromatic heterocycles. The lowest BCUT2D eigenvalue weighted by Crippen LogP contribution is -2.28. The normalized spacial score (nSPS) is 12.9. The van der Waals surface area contributed by atoms with Gasteiger partial charge in [-0.15, -0.1) is 0 Å². The van der Waals surface area contributed by atoms with Gasteiger partial charge in [-0.05, 0) is 44.0 Å². The van der Waals surface area contributed by atoms with Gasteiger partial charge in [-0.3, -0.25) is 4.79 Å². The van der Waals surface area contributed by atoms with Gasteiger partial charge in [-0.1, -0.05) is 6.92 Å². The number of hydrogen-bond acceptors (Lipinski definition) is 4. The Hall–Kier alpha value is -2.26. The van der Waals surface area contributed by atoms with E-state index < -0.39 is 15.8 Å². The molecule has 1 atom stereocenters. The van der Waals surface area contributed by atoms with Crippen molar-refractivity contribution in [3.05, 3.63) is 42.3 Å². The van der Waals surface area contributed by atoms with E-state index in [4.69, 9.17) is 0 Å². The molecular formula is C18H25FN4O3S. The Bertz CT molecular complexity index is 865. The largest absolute Gasteiger partial charge is 0.311 e. The number of halogens is 1. The van der Waals surface area contributed by atoms with E-state index >= 15 is 0 Å². The second-order valence-electron chi connectivity index (χ2n) is 6.35. The number of anilines is 1. The zero-order chi connectivity index (χ0) is 20.0. The maximum Gasteiger partial charge on any atom is 0.242 e. The van der Waals surface area contributed by atoms with E-state index in [0.717, 1.165) is 22.9 Å². The number of sulfonamides is 1. The van der Waals surface area contributed by atoms with Gasteiger partial charge in [-0.25, -0.2) is 21.8 Å². The highest BCUT2D eigenvalue weighted by molar-refractivity contribution is 7.89. The molecule has 0 saturated carbocycles. The summed E-state index contributed by atoms with van der Waals surface area (Å²) in [6.07, 6.45) is 3.05. The number of rotatable bonds is 9. The van der Waals surface area contributed by atoms with Crippen LogP contribution in [0, 0.1) is 5.82 Å². The minimum atomic E-state index is -3.70. The van der Waals surface area contributed by atoms with Crippen molar-refractivity contribution < 1.29 is 17.6 Å². The molecule has 0 radical (unpaired) electrons. The fourth-order valence-electron chi connectivity index (χ4n) is 2.51. The van der Waals surface area contributed by atoms with Crippen molar-refractivity contribution in [3.63, 3.8) is 0 Å². The summed E-state index contributed by atoms with van der Waals surface area (Å²) in [5, 5.41) is 7.02. The lowest BCUT2D eigenvalue weighted by molar-refractivity contribution is -0.116. The van der Waals surface area contributed by atoms with Crippen LogP contribution in [-0.4, -0.2) is 42.0 Å². The molecule has 0 aliphatic carbocycles. The number of amides is 1. The Balaban J connectivity index is 1.87. The fraction of sp³-hybridized carbons (Fsp3) is 0.444. The van der Waals surface area contributed by atoms with Gasteiger partial charge in [0.2, 0.25) is 15.9 Å². The number of nitrogens with one attached hydrogen (secondary N) is 1. The van der Waals surface area contributed by atoms with Crippen molar-refractivity contribution in [1.82, 2.24) is 14.1 Å². The molecule has 0 saturated heterocycles. The number of hydrogen-bond donors (Lipinski definition) is 1. The molecule has 1 aromatic carbocycles. The standard InChI is InChI=1S/C18H25FN4O3S/c1-4-14(2)23-17(11-12-20-23)21-18(24)6-5-13-22(3)27(25,26)16-9-7-15(19)8-10-16/h7-12,14H,4-6,13H2,1-3H3,(H,21,24). The number of aromatic nitrogens is 2. The van der Waals surface area contributed by atoms with Crippen LogP contribution in [0.2, 0.25) is 0 Å². The van der Waals surface area contributed by atoms with Crippen molar-refractivity contribution in [2.75, 3.05) is 18.9 Å². The second kappa shape index (κ2) is 9.09. The van der Waals surface area contributed by atoms with Crippen molar-refractivity contribution >= 4 is 21.7 Å². The smallest absolute Gasteiger partial charge is 0.242 e. The fourth-order valence-corrected chi connectivity index (χ4v) is 3.72. The molecule has 0 aliphatic rings. The topological polar surface area (TPSA) is 84.3 Å². The highest BCUT2D eigenvalue weighted by Crippen LogP contribution is 2.17. The molecule has 9 heteroatoms. The van der Waals surface area contributed by atoms with Gasteiger partial charge in [0, 0.05) is 26.1 Å². The molecule has 1 heterocycles. The molecule has 0 fully saturated rings. The van der Waals surface area contributed by atoms with Crippen LogP contribution < -0.4 is 5.32 Å². The van der Waals surface area contributed by atoms with Gasteiger partial charge in [0.1, 0.15) is 11.6 Å². The Kier molecular flexibility index (Phi) is 7.09. The van der Waals surface area contributed by atoms with E-state index in [1.165, 1.54) is 19.2 Å². The summed E-state index contributed by atoms with van der Waals surface area (Å²) in [5.74, 6) is -0.0702. The van der Waals surface area contributed by atoms with Crippen LogP contribution in [-0.2, 0) is 14.8 Å². The van der Waals surface area contributed by atoms with Crippen LogP contribution in [0.15, 0.2) is 41.4 Å². The third kappa shape index (κ3) is 5.36. The molecule has 0 bridgehead atoms. The molecule has 148 valence electrons. The molecule has 27 heavy (non-hydrogen) atoms. The summed E-state index contributed by atoms with van der Waals surface area (Å²) in [6, 6.07) is 6.56. The quantitative estimate of drug-likeness (QED) is 0.706.